The second-order valence-electron chi connectivity index (χ2n) is 6.77. The Balaban J connectivity index is 1.49. The lowest BCUT2D eigenvalue weighted by molar-refractivity contribution is -0.127. The zero-order chi connectivity index (χ0) is 16.8. The maximum atomic E-state index is 12.2. The molecule has 0 spiro atoms. The van der Waals surface area contributed by atoms with E-state index in [9.17, 15) is 4.79 Å². The Labute approximate surface area is 140 Å². The van der Waals surface area contributed by atoms with Crippen LogP contribution in [-0.4, -0.2) is 43.8 Å². The quantitative estimate of drug-likeness (QED) is 0.881. The number of likely N-dealkylation sites (N-methyl/N-ethyl adjacent to an activating group) is 1. The van der Waals surface area contributed by atoms with Crippen LogP contribution < -0.4 is 5.32 Å². The first-order valence-corrected chi connectivity index (χ1v) is 8.34. The molecule has 2 aromatic heterocycles. The van der Waals surface area contributed by atoms with Crippen molar-refractivity contribution in [1.29, 1.82) is 0 Å². The summed E-state index contributed by atoms with van der Waals surface area (Å²) in [5, 5.41) is 11.8. The van der Waals surface area contributed by atoms with E-state index in [0.29, 0.717) is 24.8 Å². The molecule has 0 unspecified atom stereocenters. The van der Waals surface area contributed by atoms with Crippen LogP contribution in [0.5, 0.6) is 0 Å². The molecule has 2 atom stereocenters. The van der Waals surface area contributed by atoms with E-state index in [1.165, 1.54) is 0 Å². The lowest BCUT2D eigenvalue weighted by Crippen LogP contribution is -2.35. The molecule has 4 rings (SSSR count). The summed E-state index contributed by atoms with van der Waals surface area (Å²) in [5.74, 6) is 2.00. The average Bonchev–Trinajstić information content (AvgIpc) is 3.14. The van der Waals surface area contributed by atoms with Gasteiger partial charge in [-0.2, -0.15) is 10.1 Å². The van der Waals surface area contributed by atoms with Crippen LogP contribution in [0.2, 0.25) is 0 Å². The van der Waals surface area contributed by atoms with Crippen LogP contribution in [0, 0.1) is 6.92 Å². The molecule has 2 aromatic rings. The van der Waals surface area contributed by atoms with Crippen LogP contribution in [-0.2, 0) is 18.4 Å². The van der Waals surface area contributed by atoms with Crippen molar-refractivity contribution in [2.45, 2.75) is 50.7 Å². The minimum absolute atomic E-state index is 0.00155. The van der Waals surface area contributed by atoms with Crippen LogP contribution in [0.4, 0.5) is 0 Å². The van der Waals surface area contributed by atoms with Crippen molar-refractivity contribution in [3.63, 3.8) is 0 Å². The third-order valence-electron chi connectivity index (χ3n) is 5.12. The van der Waals surface area contributed by atoms with Crippen molar-refractivity contribution in [2.75, 3.05) is 7.05 Å². The second-order valence-corrected chi connectivity index (χ2v) is 6.77. The number of aryl methyl sites for hydroxylation is 1. The van der Waals surface area contributed by atoms with E-state index < -0.39 is 0 Å². The number of rotatable bonds is 5. The molecule has 0 bridgehead atoms. The number of carbonyl (C=O) groups is 1. The zero-order valence-electron chi connectivity index (χ0n) is 14.2. The number of hydrogen-bond donors (Lipinski definition) is 1. The molecule has 0 radical (unpaired) electrons. The molecule has 1 saturated carbocycles. The van der Waals surface area contributed by atoms with Crippen molar-refractivity contribution in [3.8, 4) is 0 Å². The summed E-state index contributed by atoms with van der Waals surface area (Å²) in [6.07, 6.45) is 4.61. The molecule has 1 aliphatic heterocycles. The highest BCUT2D eigenvalue weighted by Gasteiger charge is 2.40. The molecule has 1 saturated heterocycles. The van der Waals surface area contributed by atoms with Gasteiger partial charge >= 0.3 is 0 Å². The first-order chi connectivity index (χ1) is 11.5. The van der Waals surface area contributed by atoms with Crippen LogP contribution in [0.15, 0.2) is 10.7 Å². The number of nitrogens with zero attached hydrogens (tertiary/aromatic N) is 5. The fourth-order valence-electron chi connectivity index (χ4n) is 3.35. The predicted octanol–water partition coefficient (Wildman–Crippen LogP) is 1.05. The number of nitrogens with one attached hydrogen (secondary N) is 1. The van der Waals surface area contributed by atoms with Crippen LogP contribution in [0.25, 0.3) is 0 Å². The second kappa shape index (κ2) is 5.70. The molecule has 8 nitrogen and oxygen atoms in total. The summed E-state index contributed by atoms with van der Waals surface area (Å²) >= 11 is 0. The Morgan fingerprint density at radius 2 is 2.17 bits per heavy atom. The van der Waals surface area contributed by atoms with E-state index in [-0.39, 0.29) is 18.0 Å². The summed E-state index contributed by atoms with van der Waals surface area (Å²) in [6.45, 7) is 2.50. The van der Waals surface area contributed by atoms with Crippen molar-refractivity contribution in [3.05, 3.63) is 29.2 Å². The molecule has 2 aliphatic rings. The molecular formula is C16H22N6O2. The van der Waals surface area contributed by atoms with Gasteiger partial charge in [-0.15, -0.1) is 0 Å². The van der Waals surface area contributed by atoms with Gasteiger partial charge in [-0.1, -0.05) is 5.16 Å². The highest BCUT2D eigenvalue weighted by atomic mass is 16.5. The fourth-order valence-corrected chi connectivity index (χ4v) is 3.35. The Hall–Kier alpha value is -2.22. The third-order valence-corrected chi connectivity index (χ3v) is 5.12. The van der Waals surface area contributed by atoms with Crippen LogP contribution in [0.3, 0.4) is 0 Å². The van der Waals surface area contributed by atoms with Gasteiger partial charge in [-0.25, -0.2) is 0 Å². The first kappa shape index (κ1) is 15.3. The van der Waals surface area contributed by atoms with E-state index in [2.05, 4.69) is 20.6 Å². The SMILES string of the molecule is Cc1c([C@H]2[C@H](NCc3nc(C4CC4)no3)CC(=O)N2C)cnn1C. The molecular weight excluding hydrogens is 308 g/mol. The maximum absolute atomic E-state index is 12.2. The van der Waals surface area contributed by atoms with Gasteiger partial charge < -0.3 is 14.7 Å². The third kappa shape index (κ3) is 2.60. The molecule has 1 amide bonds. The lowest BCUT2D eigenvalue weighted by atomic mass is 10.0. The molecule has 128 valence electrons. The molecule has 1 aliphatic carbocycles. The van der Waals surface area contributed by atoms with E-state index in [4.69, 9.17) is 4.52 Å². The van der Waals surface area contributed by atoms with Crippen molar-refractivity contribution in [1.82, 2.24) is 30.1 Å². The van der Waals surface area contributed by atoms with E-state index in [0.717, 1.165) is 29.9 Å². The molecule has 0 aromatic carbocycles. The maximum Gasteiger partial charge on any atom is 0.240 e. The number of aromatic nitrogens is 4. The summed E-state index contributed by atoms with van der Waals surface area (Å²) in [7, 11) is 3.76. The minimum atomic E-state index is -0.0305. The zero-order valence-corrected chi connectivity index (χ0v) is 14.2. The Kier molecular flexibility index (Phi) is 3.64. The number of likely N-dealkylation sites (tertiary alicyclic amines) is 1. The Bertz CT molecular complexity index is 762. The standard InChI is InChI=1S/C16H22N6O2/c1-9-11(7-18-22(9)3)15-12(6-14(23)21(15)2)17-8-13-19-16(20-24-13)10-4-5-10/h7,10,12,15,17H,4-6,8H2,1-3H3/t12-,15+/m1/s1. The van der Waals surface area contributed by atoms with Gasteiger partial charge in [-0.05, 0) is 19.8 Å². The molecule has 3 heterocycles. The van der Waals surface area contributed by atoms with Gasteiger partial charge in [0.25, 0.3) is 0 Å². The summed E-state index contributed by atoms with van der Waals surface area (Å²) in [6, 6.07) is -0.0290. The van der Waals surface area contributed by atoms with E-state index >= 15 is 0 Å². The highest BCUT2D eigenvalue weighted by Crippen LogP contribution is 2.38. The van der Waals surface area contributed by atoms with Gasteiger partial charge in [0.2, 0.25) is 11.8 Å². The largest absolute Gasteiger partial charge is 0.338 e. The normalized spacial score (nSPS) is 24.1. The average molecular weight is 330 g/mol. The van der Waals surface area contributed by atoms with Gasteiger partial charge in [0.05, 0.1) is 18.8 Å². The number of hydrogen-bond acceptors (Lipinski definition) is 6. The van der Waals surface area contributed by atoms with Crippen LogP contribution in [0.1, 0.15) is 54.2 Å². The van der Waals surface area contributed by atoms with Crippen molar-refractivity contribution >= 4 is 5.91 Å². The predicted molar refractivity (Wildman–Crippen MR) is 85.0 cm³/mol. The van der Waals surface area contributed by atoms with Crippen LogP contribution >= 0.6 is 0 Å². The van der Waals surface area contributed by atoms with Gasteiger partial charge in [0.1, 0.15) is 0 Å². The van der Waals surface area contributed by atoms with E-state index in [1.54, 1.807) is 4.90 Å². The Morgan fingerprint density at radius 3 is 2.83 bits per heavy atom. The summed E-state index contributed by atoms with van der Waals surface area (Å²) in [4.78, 5) is 18.4. The molecule has 8 heteroatoms. The fraction of sp³-hybridized carbons (Fsp3) is 0.625. The highest BCUT2D eigenvalue weighted by molar-refractivity contribution is 5.80. The van der Waals surface area contributed by atoms with Gasteiger partial charge in [-0.3, -0.25) is 9.48 Å². The minimum Gasteiger partial charge on any atom is -0.338 e. The monoisotopic (exact) mass is 330 g/mol. The number of amides is 1. The summed E-state index contributed by atoms with van der Waals surface area (Å²) < 4.78 is 7.15. The molecule has 1 N–H and O–H groups in total. The Morgan fingerprint density at radius 1 is 1.38 bits per heavy atom. The molecule has 24 heavy (non-hydrogen) atoms. The number of carbonyl (C=O) groups excluding carboxylic acids is 1. The van der Waals surface area contributed by atoms with Crippen molar-refractivity contribution < 1.29 is 9.32 Å². The van der Waals surface area contributed by atoms with Gasteiger partial charge in [0.15, 0.2) is 5.82 Å². The first-order valence-electron chi connectivity index (χ1n) is 8.34. The van der Waals surface area contributed by atoms with E-state index in [1.807, 2.05) is 31.9 Å². The summed E-state index contributed by atoms with van der Waals surface area (Å²) in [5.41, 5.74) is 2.15. The van der Waals surface area contributed by atoms with Crippen molar-refractivity contribution in [2.24, 2.45) is 7.05 Å². The topological polar surface area (TPSA) is 89.1 Å². The van der Waals surface area contributed by atoms with Gasteiger partial charge in [0, 0.05) is 43.7 Å². The smallest absolute Gasteiger partial charge is 0.240 e. The lowest BCUT2D eigenvalue weighted by Gasteiger charge is -2.25. The molecule has 2 fully saturated rings.